The lowest BCUT2D eigenvalue weighted by Gasteiger charge is -2.03. The van der Waals surface area contributed by atoms with Crippen molar-refractivity contribution in [3.8, 4) is 0 Å². The topological polar surface area (TPSA) is 112 Å². The minimum atomic E-state index is -0.488. The predicted molar refractivity (Wildman–Crippen MR) is 63.4 cm³/mol. The monoisotopic (exact) mass is 267 g/mol. The summed E-state index contributed by atoms with van der Waals surface area (Å²) in [5.74, 6) is 0.540. The van der Waals surface area contributed by atoms with Crippen LogP contribution in [0.3, 0.4) is 0 Å². The van der Waals surface area contributed by atoms with Crippen LogP contribution < -0.4 is 5.32 Å². The molecule has 0 radical (unpaired) electrons. The highest BCUT2D eigenvalue weighted by atomic mass is 32.2. The average molecular weight is 267 g/mol. The maximum absolute atomic E-state index is 10.9. The van der Waals surface area contributed by atoms with Gasteiger partial charge in [0.25, 0.3) is 0 Å². The SMILES string of the molecule is CNc1ccc([N+](=O)[O-])c(Sc2nnnn2C)n1. The van der Waals surface area contributed by atoms with Crippen molar-refractivity contribution >= 4 is 23.3 Å². The van der Waals surface area contributed by atoms with E-state index in [1.165, 1.54) is 16.8 Å². The quantitative estimate of drug-likeness (QED) is 0.636. The van der Waals surface area contributed by atoms with E-state index in [2.05, 4.69) is 25.8 Å². The minimum Gasteiger partial charge on any atom is -0.373 e. The molecule has 0 aliphatic heterocycles. The summed E-state index contributed by atoms with van der Waals surface area (Å²) in [6.07, 6.45) is 0. The molecule has 0 aliphatic rings. The molecule has 0 saturated carbocycles. The number of nitrogens with one attached hydrogen (secondary N) is 1. The molecule has 0 bridgehead atoms. The van der Waals surface area contributed by atoms with Gasteiger partial charge in [-0.25, -0.2) is 9.67 Å². The summed E-state index contributed by atoms with van der Waals surface area (Å²) in [6, 6.07) is 2.93. The van der Waals surface area contributed by atoms with Crippen molar-refractivity contribution in [2.24, 2.45) is 7.05 Å². The van der Waals surface area contributed by atoms with Gasteiger partial charge in [-0.05, 0) is 28.3 Å². The van der Waals surface area contributed by atoms with Gasteiger partial charge >= 0.3 is 5.69 Å². The first-order chi connectivity index (χ1) is 8.61. The molecule has 2 rings (SSSR count). The third-order valence-electron chi connectivity index (χ3n) is 2.06. The first kappa shape index (κ1) is 12.2. The Morgan fingerprint density at radius 1 is 1.50 bits per heavy atom. The van der Waals surface area contributed by atoms with Gasteiger partial charge in [-0.3, -0.25) is 10.1 Å². The number of rotatable bonds is 4. The lowest BCUT2D eigenvalue weighted by molar-refractivity contribution is -0.388. The summed E-state index contributed by atoms with van der Waals surface area (Å²) in [6.45, 7) is 0. The number of nitro groups is 1. The molecular formula is C8H9N7O2S. The maximum atomic E-state index is 10.9. The van der Waals surface area contributed by atoms with Crippen molar-refractivity contribution in [1.82, 2.24) is 25.2 Å². The van der Waals surface area contributed by atoms with E-state index < -0.39 is 4.92 Å². The summed E-state index contributed by atoms with van der Waals surface area (Å²) in [7, 11) is 3.34. The Hall–Kier alpha value is -2.23. The van der Waals surface area contributed by atoms with Gasteiger partial charge in [0, 0.05) is 20.2 Å². The maximum Gasteiger partial charge on any atom is 0.301 e. The molecule has 0 fully saturated rings. The zero-order valence-electron chi connectivity index (χ0n) is 9.56. The highest BCUT2D eigenvalue weighted by molar-refractivity contribution is 7.99. The summed E-state index contributed by atoms with van der Waals surface area (Å²) < 4.78 is 1.42. The number of anilines is 1. The van der Waals surface area contributed by atoms with Crippen LogP contribution in [0.2, 0.25) is 0 Å². The molecule has 9 nitrogen and oxygen atoms in total. The number of pyridine rings is 1. The largest absolute Gasteiger partial charge is 0.373 e. The first-order valence-electron chi connectivity index (χ1n) is 4.85. The third-order valence-corrected chi connectivity index (χ3v) is 3.08. The highest BCUT2D eigenvalue weighted by Crippen LogP contribution is 2.32. The molecule has 0 spiro atoms. The van der Waals surface area contributed by atoms with Gasteiger partial charge in [0.05, 0.1) is 4.92 Å². The number of aryl methyl sites for hydroxylation is 1. The second-order valence-electron chi connectivity index (χ2n) is 3.22. The Balaban J connectivity index is 2.41. The summed E-state index contributed by atoms with van der Waals surface area (Å²) >= 11 is 1.04. The Bertz CT molecular complexity index is 585. The smallest absolute Gasteiger partial charge is 0.301 e. The van der Waals surface area contributed by atoms with Crippen molar-refractivity contribution in [3.05, 3.63) is 22.2 Å². The molecule has 0 atom stereocenters. The summed E-state index contributed by atoms with van der Waals surface area (Å²) in [5, 5.41) is 25.3. The van der Waals surface area contributed by atoms with Crippen LogP contribution in [-0.2, 0) is 7.05 Å². The van der Waals surface area contributed by atoms with E-state index in [0.29, 0.717) is 11.0 Å². The van der Waals surface area contributed by atoms with Crippen molar-refractivity contribution in [3.63, 3.8) is 0 Å². The van der Waals surface area contributed by atoms with E-state index in [9.17, 15) is 10.1 Å². The molecule has 0 amide bonds. The lowest BCUT2D eigenvalue weighted by Crippen LogP contribution is -1.99. The molecule has 2 aromatic rings. The van der Waals surface area contributed by atoms with Crippen molar-refractivity contribution in [2.45, 2.75) is 10.2 Å². The molecule has 0 aliphatic carbocycles. The molecular weight excluding hydrogens is 258 g/mol. The first-order valence-corrected chi connectivity index (χ1v) is 5.67. The predicted octanol–water partition coefficient (Wildman–Crippen LogP) is 0.706. The molecule has 10 heteroatoms. The highest BCUT2D eigenvalue weighted by Gasteiger charge is 2.19. The van der Waals surface area contributed by atoms with Gasteiger partial charge in [-0.2, -0.15) is 0 Å². The number of tetrazole rings is 1. The minimum absolute atomic E-state index is 0.0815. The van der Waals surface area contributed by atoms with Crippen LogP contribution in [0.1, 0.15) is 0 Å². The van der Waals surface area contributed by atoms with Gasteiger partial charge in [0.1, 0.15) is 5.82 Å². The van der Waals surface area contributed by atoms with Gasteiger partial charge < -0.3 is 5.32 Å². The van der Waals surface area contributed by atoms with Crippen LogP contribution in [-0.4, -0.2) is 37.2 Å². The van der Waals surface area contributed by atoms with Crippen LogP contribution in [0.5, 0.6) is 0 Å². The van der Waals surface area contributed by atoms with Crippen LogP contribution in [0.25, 0.3) is 0 Å². The summed E-state index contributed by atoms with van der Waals surface area (Å²) in [5.41, 5.74) is -0.0815. The van der Waals surface area contributed by atoms with Crippen molar-refractivity contribution in [2.75, 3.05) is 12.4 Å². The van der Waals surface area contributed by atoms with Gasteiger partial charge in [0.15, 0.2) is 5.03 Å². The molecule has 1 N–H and O–H groups in total. The van der Waals surface area contributed by atoms with E-state index in [4.69, 9.17) is 0 Å². The number of nitrogens with zero attached hydrogens (tertiary/aromatic N) is 6. The van der Waals surface area contributed by atoms with Gasteiger partial charge in [-0.15, -0.1) is 5.10 Å². The zero-order valence-corrected chi connectivity index (χ0v) is 10.4. The summed E-state index contributed by atoms with van der Waals surface area (Å²) in [4.78, 5) is 14.6. The van der Waals surface area contributed by atoms with E-state index in [1.807, 2.05) is 0 Å². The number of hydrogen-bond acceptors (Lipinski definition) is 8. The average Bonchev–Trinajstić information content (AvgIpc) is 2.74. The lowest BCUT2D eigenvalue weighted by atomic mass is 10.4. The Morgan fingerprint density at radius 3 is 2.83 bits per heavy atom. The van der Waals surface area contributed by atoms with Crippen LogP contribution >= 0.6 is 11.8 Å². The standard InChI is InChI=1S/C8H9N7O2S/c1-9-6-4-3-5(15(16)17)7(10-6)18-8-11-12-13-14(8)2/h3-4H,1-2H3,(H,9,10). The van der Waals surface area contributed by atoms with E-state index >= 15 is 0 Å². The Labute approximate surface area is 106 Å². The van der Waals surface area contributed by atoms with Crippen LogP contribution in [0.15, 0.2) is 22.3 Å². The van der Waals surface area contributed by atoms with Crippen molar-refractivity contribution < 1.29 is 4.92 Å². The number of aromatic nitrogens is 5. The van der Waals surface area contributed by atoms with Gasteiger partial charge in [-0.1, -0.05) is 0 Å². The molecule has 2 heterocycles. The molecule has 0 saturated heterocycles. The van der Waals surface area contributed by atoms with Gasteiger partial charge in [0.2, 0.25) is 5.16 Å². The van der Waals surface area contributed by atoms with E-state index in [1.54, 1.807) is 14.1 Å². The molecule has 18 heavy (non-hydrogen) atoms. The van der Waals surface area contributed by atoms with E-state index in [-0.39, 0.29) is 10.7 Å². The molecule has 0 unspecified atom stereocenters. The zero-order chi connectivity index (χ0) is 13.1. The second kappa shape index (κ2) is 4.96. The fraction of sp³-hybridized carbons (Fsp3) is 0.250. The molecule has 0 aromatic carbocycles. The van der Waals surface area contributed by atoms with Crippen LogP contribution in [0, 0.1) is 10.1 Å². The van der Waals surface area contributed by atoms with Crippen LogP contribution in [0.4, 0.5) is 11.5 Å². The normalized spacial score (nSPS) is 10.3. The number of hydrogen-bond donors (Lipinski definition) is 1. The Kier molecular flexibility index (Phi) is 3.37. The van der Waals surface area contributed by atoms with Crippen molar-refractivity contribution in [1.29, 1.82) is 0 Å². The third kappa shape index (κ3) is 2.37. The molecule has 94 valence electrons. The van der Waals surface area contributed by atoms with E-state index in [0.717, 1.165) is 11.8 Å². The Morgan fingerprint density at radius 2 is 2.28 bits per heavy atom. The fourth-order valence-electron chi connectivity index (χ4n) is 1.18. The second-order valence-corrected chi connectivity index (χ2v) is 4.17. The molecule has 2 aromatic heterocycles. The fourth-order valence-corrected chi connectivity index (χ4v) is 1.99.